The van der Waals surface area contributed by atoms with E-state index < -0.39 is 8.32 Å². The molecule has 0 heterocycles. The largest absolute Gasteiger partial charge is 0.395 e. The summed E-state index contributed by atoms with van der Waals surface area (Å²) in [6, 6.07) is 0. The first-order valence-electron chi connectivity index (χ1n) is 3.78. The summed E-state index contributed by atoms with van der Waals surface area (Å²) in [6.45, 7) is 13.1. The molecule has 0 aromatic heterocycles. The van der Waals surface area contributed by atoms with E-state index in [0.717, 1.165) is 5.57 Å². The minimum Gasteiger partial charge on any atom is -0.395 e. The number of ether oxygens (including phenoxy) is 1. The summed E-state index contributed by atoms with van der Waals surface area (Å²) >= 11 is 0. The van der Waals surface area contributed by atoms with Crippen molar-refractivity contribution in [2.24, 2.45) is 0 Å². The molecular weight excluding hydrogens is 156 g/mol. The molecule has 0 unspecified atom stereocenters. The van der Waals surface area contributed by atoms with Crippen LogP contribution < -0.4 is 0 Å². The molecule has 0 radical (unpaired) electrons. The topological polar surface area (TPSA) is 18.5 Å². The Hall–Kier alpha value is -0.123. The summed E-state index contributed by atoms with van der Waals surface area (Å²) in [6.07, 6.45) is 0. The zero-order valence-electron chi connectivity index (χ0n) is 7.94. The molecular formula is C8H18O2Si. The quantitative estimate of drug-likeness (QED) is 0.276. The van der Waals surface area contributed by atoms with Gasteiger partial charge in [0.2, 0.25) is 0 Å². The first-order valence-corrected chi connectivity index (χ1v) is 7.19. The second-order valence-electron chi connectivity index (χ2n) is 3.68. The fraction of sp³-hybridized carbons (Fsp3) is 0.750. The molecule has 0 fully saturated rings. The van der Waals surface area contributed by atoms with Gasteiger partial charge in [0.1, 0.15) is 6.79 Å². The highest BCUT2D eigenvalue weighted by Gasteiger charge is 2.13. The van der Waals surface area contributed by atoms with Gasteiger partial charge >= 0.3 is 0 Å². The van der Waals surface area contributed by atoms with E-state index in [1.165, 1.54) is 0 Å². The van der Waals surface area contributed by atoms with E-state index in [2.05, 4.69) is 26.2 Å². The third-order valence-corrected chi connectivity index (χ3v) is 1.91. The van der Waals surface area contributed by atoms with Crippen LogP contribution in [0.5, 0.6) is 0 Å². The van der Waals surface area contributed by atoms with Crippen LogP contribution in [0, 0.1) is 0 Å². The van der Waals surface area contributed by atoms with Crippen molar-refractivity contribution >= 4 is 8.32 Å². The zero-order chi connectivity index (χ0) is 8.91. The van der Waals surface area contributed by atoms with Crippen LogP contribution in [0.3, 0.4) is 0 Å². The summed E-state index contributed by atoms with van der Waals surface area (Å²) in [7, 11) is -1.38. The van der Waals surface area contributed by atoms with Gasteiger partial charge in [0.05, 0.1) is 6.61 Å². The second kappa shape index (κ2) is 4.69. The molecule has 0 atom stereocenters. The Bertz CT molecular complexity index is 127. The van der Waals surface area contributed by atoms with Crippen molar-refractivity contribution in [1.29, 1.82) is 0 Å². The van der Waals surface area contributed by atoms with E-state index in [0.29, 0.717) is 13.4 Å². The highest BCUT2D eigenvalue weighted by atomic mass is 28.4. The predicted molar refractivity (Wildman–Crippen MR) is 50.1 cm³/mol. The molecule has 0 spiro atoms. The summed E-state index contributed by atoms with van der Waals surface area (Å²) in [5.41, 5.74) is 1.03. The smallest absolute Gasteiger partial charge is 0.186 e. The van der Waals surface area contributed by atoms with Gasteiger partial charge in [0.25, 0.3) is 0 Å². The van der Waals surface area contributed by atoms with Crippen molar-refractivity contribution < 1.29 is 9.16 Å². The van der Waals surface area contributed by atoms with Gasteiger partial charge in [-0.3, -0.25) is 0 Å². The van der Waals surface area contributed by atoms with Crippen LogP contribution in [-0.2, 0) is 9.16 Å². The normalized spacial score (nSPS) is 11.6. The maximum atomic E-state index is 5.46. The Balaban J connectivity index is 3.22. The second-order valence-corrected chi connectivity index (χ2v) is 8.19. The fourth-order valence-corrected chi connectivity index (χ4v) is 0.871. The van der Waals surface area contributed by atoms with Crippen LogP contribution in [0.2, 0.25) is 19.6 Å². The van der Waals surface area contributed by atoms with Gasteiger partial charge in [0.15, 0.2) is 8.32 Å². The Morgan fingerprint density at radius 1 is 1.36 bits per heavy atom. The molecule has 0 aromatic carbocycles. The number of hydrogen-bond acceptors (Lipinski definition) is 2. The van der Waals surface area contributed by atoms with E-state index in [1.807, 2.05) is 6.92 Å². The molecule has 66 valence electrons. The monoisotopic (exact) mass is 174 g/mol. The summed E-state index contributed by atoms with van der Waals surface area (Å²) in [5, 5.41) is 0. The van der Waals surface area contributed by atoms with Gasteiger partial charge in [-0.2, -0.15) is 0 Å². The van der Waals surface area contributed by atoms with E-state index in [-0.39, 0.29) is 0 Å². The Kier molecular flexibility index (Phi) is 4.64. The molecule has 0 bridgehead atoms. The third kappa shape index (κ3) is 9.88. The van der Waals surface area contributed by atoms with Crippen molar-refractivity contribution in [3.05, 3.63) is 12.2 Å². The maximum absolute atomic E-state index is 5.46. The SMILES string of the molecule is C=C(C)COCO[Si](C)(C)C. The molecule has 0 saturated heterocycles. The van der Waals surface area contributed by atoms with Gasteiger partial charge in [-0.1, -0.05) is 12.2 Å². The molecule has 0 aromatic rings. The maximum Gasteiger partial charge on any atom is 0.186 e. The van der Waals surface area contributed by atoms with E-state index in [9.17, 15) is 0 Å². The van der Waals surface area contributed by atoms with Crippen LogP contribution in [0.1, 0.15) is 6.92 Å². The molecule has 3 heteroatoms. The Morgan fingerprint density at radius 2 is 1.91 bits per heavy atom. The van der Waals surface area contributed by atoms with E-state index >= 15 is 0 Å². The van der Waals surface area contributed by atoms with Crippen molar-refractivity contribution in [3.8, 4) is 0 Å². The zero-order valence-corrected chi connectivity index (χ0v) is 8.94. The molecule has 0 N–H and O–H groups in total. The molecule has 2 nitrogen and oxygen atoms in total. The third-order valence-electron chi connectivity index (χ3n) is 0.924. The van der Waals surface area contributed by atoms with Gasteiger partial charge in [-0.15, -0.1) is 0 Å². The van der Waals surface area contributed by atoms with Crippen molar-refractivity contribution in [3.63, 3.8) is 0 Å². The molecule has 11 heavy (non-hydrogen) atoms. The molecule has 0 aliphatic heterocycles. The minimum absolute atomic E-state index is 0.405. The van der Waals surface area contributed by atoms with Crippen molar-refractivity contribution in [1.82, 2.24) is 0 Å². The predicted octanol–water partition coefficient (Wildman–Crippen LogP) is 2.39. The van der Waals surface area contributed by atoms with Crippen molar-refractivity contribution in [2.45, 2.75) is 26.6 Å². The summed E-state index contributed by atoms with van der Waals surface area (Å²) < 4.78 is 10.6. The van der Waals surface area contributed by atoms with E-state index in [1.54, 1.807) is 0 Å². The first kappa shape index (κ1) is 10.9. The van der Waals surface area contributed by atoms with Gasteiger partial charge in [-0.05, 0) is 26.6 Å². The molecule has 0 aliphatic carbocycles. The molecule has 0 saturated carbocycles. The van der Waals surface area contributed by atoms with Crippen molar-refractivity contribution in [2.75, 3.05) is 13.4 Å². The lowest BCUT2D eigenvalue weighted by Gasteiger charge is -2.16. The highest BCUT2D eigenvalue weighted by molar-refractivity contribution is 6.69. The lowest BCUT2D eigenvalue weighted by Crippen LogP contribution is -2.26. The van der Waals surface area contributed by atoms with Gasteiger partial charge in [-0.25, -0.2) is 0 Å². The summed E-state index contributed by atoms with van der Waals surface area (Å²) in [5.74, 6) is 0. The van der Waals surface area contributed by atoms with E-state index in [4.69, 9.17) is 9.16 Å². The lowest BCUT2D eigenvalue weighted by molar-refractivity contribution is 0.0225. The standard InChI is InChI=1S/C8H18O2Si/c1-8(2)6-9-7-10-11(3,4)5/h1,6-7H2,2-5H3. The Labute approximate surface area is 70.3 Å². The van der Waals surface area contributed by atoms with Crippen LogP contribution in [-0.4, -0.2) is 21.7 Å². The number of hydrogen-bond donors (Lipinski definition) is 0. The van der Waals surface area contributed by atoms with Gasteiger partial charge < -0.3 is 9.16 Å². The molecule has 0 aliphatic rings. The average Bonchev–Trinajstić information content (AvgIpc) is 1.78. The average molecular weight is 174 g/mol. The minimum atomic E-state index is -1.38. The van der Waals surface area contributed by atoms with Gasteiger partial charge in [0, 0.05) is 0 Å². The number of rotatable bonds is 5. The lowest BCUT2D eigenvalue weighted by atomic mass is 10.4. The highest BCUT2D eigenvalue weighted by Crippen LogP contribution is 2.02. The van der Waals surface area contributed by atoms with Crippen LogP contribution in [0.15, 0.2) is 12.2 Å². The molecule has 0 rings (SSSR count). The first-order chi connectivity index (χ1) is 4.92. The van der Waals surface area contributed by atoms with Crippen LogP contribution in [0.25, 0.3) is 0 Å². The summed E-state index contributed by atoms with van der Waals surface area (Å²) in [4.78, 5) is 0. The fourth-order valence-electron chi connectivity index (χ4n) is 0.434. The molecule has 0 amide bonds. The van der Waals surface area contributed by atoms with Crippen LogP contribution >= 0.6 is 0 Å². The Morgan fingerprint density at radius 3 is 2.27 bits per heavy atom. The van der Waals surface area contributed by atoms with Crippen LogP contribution in [0.4, 0.5) is 0 Å².